The van der Waals surface area contributed by atoms with E-state index in [0.717, 1.165) is 0 Å². The number of nitrogens with zero attached hydrogens (tertiary/aromatic N) is 2. The number of amides is 1. The van der Waals surface area contributed by atoms with E-state index in [1.165, 1.54) is 12.3 Å². The van der Waals surface area contributed by atoms with Crippen molar-refractivity contribution in [1.82, 2.24) is 10.3 Å². The summed E-state index contributed by atoms with van der Waals surface area (Å²) in [7, 11) is 0. The van der Waals surface area contributed by atoms with Crippen LogP contribution in [0.5, 0.6) is 0 Å². The summed E-state index contributed by atoms with van der Waals surface area (Å²) in [5, 5.41) is 13.1. The zero-order valence-electron chi connectivity index (χ0n) is 9.65. The van der Waals surface area contributed by atoms with Gasteiger partial charge < -0.3 is 5.32 Å². The molecule has 92 valence electrons. The van der Waals surface area contributed by atoms with Crippen molar-refractivity contribution in [3.63, 3.8) is 0 Å². The highest BCUT2D eigenvalue weighted by atomic mass is 35.5. The lowest BCUT2D eigenvalue weighted by Crippen LogP contribution is -2.40. The smallest absolute Gasteiger partial charge is 0.319 e. The zero-order valence-corrected chi connectivity index (χ0v) is 10.4. The van der Waals surface area contributed by atoms with E-state index in [4.69, 9.17) is 11.6 Å². The maximum absolute atomic E-state index is 11.8. The molecule has 1 N–H and O–H groups in total. The van der Waals surface area contributed by atoms with Crippen LogP contribution in [0.3, 0.4) is 0 Å². The van der Waals surface area contributed by atoms with Gasteiger partial charge in [0.2, 0.25) is 5.15 Å². The highest BCUT2D eigenvalue weighted by Crippen LogP contribution is 2.26. The lowest BCUT2D eigenvalue weighted by Gasteiger charge is -2.20. The first-order valence-corrected chi connectivity index (χ1v) is 5.21. The molecule has 6 nitrogen and oxygen atoms in total. The van der Waals surface area contributed by atoms with Gasteiger partial charge in [-0.3, -0.25) is 14.9 Å². The first-order valence-electron chi connectivity index (χ1n) is 4.84. The molecule has 0 saturated carbocycles. The summed E-state index contributed by atoms with van der Waals surface area (Å²) < 4.78 is 0. The van der Waals surface area contributed by atoms with Crippen molar-refractivity contribution in [2.75, 3.05) is 0 Å². The predicted molar refractivity (Wildman–Crippen MR) is 63.1 cm³/mol. The van der Waals surface area contributed by atoms with Gasteiger partial charge >= 0.3 is 5.69 Å². The minimum absolute atomic E-state index is 0.0927. The van der Waals surface area contributed by atoms with Gasteiger partial charge in [0.05, 0.1) is 4.92 Å². The van der Waals surface area contributed by atoms with Crippen LogP contribution in [-0.4, -0.2) is 21.4 Å². The molecule has 0 spiro atoms. The summed E-state index contributed by atoms with van der Waals surface area (Å²) in [6.07, 6.45) is 1.26. The third kappa shape index (κ3) is 3.39. The molecule has 0 saturated heterocycles. The minimum Gasteiger partial charge on any atom is -0.347 e. The van der Waals surface area contributed by atoms with Crippen molar-refractivity contribution in [2.45, 2.75) is 26.3 Å². The fourth-order valence-corrected chi connectivity index (χ4v) is 1.42. The molecule has 17 heavy (non-hydrogen) atoms. The van der Waals surface area contributed by atoms with Crippen molar-refractivity contribution in [1.29, 1.82) is 0 Å². The molecule has 0 unspecified atom stereocenters. The maximum Gasteiger partial charge on any atom is 0.319 e. The molecular formula is C10H12ClN3O3. The number of hydrogen-bond donors (Lipinski definition) is 1. The van der Waals surface area contributed by atoms with Crippen LogP contribution in [0.15, 0.2) is 12.3 Å². The van der Waals surface area contributed by atoms with Crippen LogP contribution in [0.25, 0.3) is 0 Å². The predicted octanol–water partition coefficient (Wildman–Crippen LogP) is 2.17. The van der Waals surface area contributed by atoms with Crippen LogP contribution in [0, 0.1) is 10.1 Å². The first-order chi connectivity index (χ1) is 7.72. The maximum atomic E-state index is 11.8. The average molecular weight is 258 g/mol. The second-order valence-electron chi connectivity index (χ2n) is 4.46. The Balaban J connectivity index is 3.19. The summed E-state index contributed by atoms with van der Waals surface area (Å²) in [5.74, 6) is -0.548. The molecular weight excluding hydrogens is 246 g/mol. The van der Waals surface area contributed by atoms with Gasteiger partial charge in [-0.25, -0.2) is 4.98 Å². The summed E-state index contributed by atoms with van der Waals surface area (Å²) in [5.41, 5.74) is -1.05. The first kappa shape index (κ1) is 13.4. The van der Waals surface area contributed by atoms with Gasteiger partial charge in [-0.1, -0.05) is 11.6 Å². The monoisotopic (exact) mass is 257 g/mol. The molecule has 0 aliphatic carbocycles. The van der Waals surface area contributed by atoms with E-state index >= 15 is 0 Å². The van der Waals surface area contributed by atoms with Crippen LogP contribution in [0.4, 0.5) is 5.69 Å². The SMILES string of the molecule is CC(C)(C)NC(=O)c1ccnc(Cl)c1[N+](=O)[O-]. The number of nitro groups is 1. The lowest BCUT2D eigenvalue weighted by atomic mass is 10.1. The number of carbonyl (C=O) groups excluding carboxylic acids is 1. The Kier molecular flexibility index (Phi) is 3.67. The lowest BCUT2D eigenvalue weighted by molar-refractivity contribution is -0.385. The third-order valence-electron chi connectivity index (χ3n) is 1.80. The van der Waals surface area contributed by atoms with Gasteiger partial charge in [0.25, 0.3) is 5.91 Å². The summed E-state index contributed by atoms with van der Waals surface area (Å²) >= 11 is 5.61. The Morgan fingerprint density at radius 3 is 2.59 bits per heavy atom. The quantitative estimate of drug-likeness (QED) is 0.500. The molecule has 0 bridgehead atoms. The normalized spacial score (nSPS) is 11.1. The number of rotatable bonds is 2. The molecule has 0 fully saturated rings. The van der Waals surface area contributed by atoms with Crippen LogP contribution in [-0.2, 0) is 0 Å². The van der Waals surface area contributed by atoms with Crippen LogP contribution in [0.1, 0.15) is 31.1 Å². The molecule has 0 radical (unpaired) electrons. The van der Waals surface area contributed by atoms with E-state index in [0.29, 0.717) is 0 Å². The largest absolute Gasteiger partial charge is 0.347 e. The molecule has 0 aliphatic heterocycles. The highest BCUT2D eigenvalue weighted by Gasteiger charge is 2.26. The molecule has 1 aromatic heterocycles. The van der Waals surface area contributed by atoms with Crippen molar-refractivity contribution < 1.29 is 9.72 Å². The Labute approximate surface area is 103 Å². The molecule has 7 heteroatoms. The molecule has 1 rings (SSSR count). The van der Waals surface area contributed by atoms with Crippen molar-refractivity contribution in [3.8, 4) is 0 Å². The van der Waals surface area contributed by atoms with Crippen LogP contribution in [0.2, 0.25) is 5.15 Å². The Bertz CT molecular complexity index is 468. The van der Waals surface area contributed by atoms with E-state index in [9.17, 15) is 14.9 Å². The molecule has 1 aromatic rings. The standard InChI is InChI=1S/C10H12ClN3O3/c1-10(2,3)13-9(15)6-4-5-12-8(11)7(6)14(16)17/h4-5H,1-3H3,(H,13,15). The number of pyridine rings is 1. The van der Waals surface area contributed by atoms with Gasteiger partial charge in [-0.05, 0) is 26.8 Å². The molecule has 0 aromatic carbocycles. The van der Waals surface area contributed by atoms with Gasteiger partial charge in [0, 0.05) is 11.7 Å². The molecule has 0 atom stereocenters. The van der Waals surface area contributed by atoms with Gasteiger partial charge in [0.1, 0.15) is 5.56 Å². The van der Waals surface area contributed by atoms with Crippen molar-refractivity contribution in [2.24, 2.45) is 0 Å². The Morgan fingerprint density at radius 2 is 2.12 bits per heavy atom. The average Bonchev–Trinajstić information content (AvgIpc) is 2.13. The topological polar surface area (TPSA) is 85.1 Å². The zero-order chi connectivity index (χ0) is 13.2. The van der Waals surface area contributed by atoms with E-state index < -0.39 is 22.1 Å². The number of nitrogens with one attached hydrogen (secondary N) is 1. The van der Waals surface area contributed by atoms with Crippen molar-refractivity contribution >= 4 is 23.2 Å². The number of hydrogen-bond acceptors (Lipinski definition) is 4. The molecule has 1 amide bonds. The molecule has 0 aliphatic rings. The van der Waals surface area contributed by atoms with Crippen LogP contribution >= 0.6 is 11.6 Å². The minimum atomic E-state index is -0.715. The Hall–Kier alpha value is -1.69. The van der Waals surface area contributed by atoms with Gasteiger partial charge in [-0.15, -0.1) is 0 Å². The Morgan fingerprint density at radius 1 is 1.53 bits per heavy atom. The van der Waals surface area contributed by atoms with Crippen LogP contribution < -0.4 is 5.32 Å². The molecule has 1 heterocycles. The third-order valence-corrected chi connectivity index (χ3v) is 2.07. The number of aromatic nitrogens is 1. The van der Waals surface area contributed by atoms with E-state index in [2.05, 4.69) is 10.3 Å². The summed E-state index contributed by atoms with van der Waals surface area (Å²) in [4.78, 5) is 25.5. The highest BCUT2D eigenvalue weighted by molar-refractivity contribution is 6.32. The van der Waals surface area contributed by atoms with E-state index in [1.54, 1.807) is 20.8 Å². The fourth-order valence-electron chi connectivity index (χ4n) is 1.19. The van der Waals surface area contributed by atoms with Crippen molar-refractivity contribution in [3.05, 3.63) is 33.1 Å². The van der Waals surface area contributed by atoms with E-state index in [1.807, 2.05) is 0 Å². The van der Waals surface area contributed by atoms with E-state index in [-0.39, 0.29) is 10.7 Å². The number of carbonyl (C=O) groups is 1. The second kappa shape index (κ2) is 4.67. The van der Waals surface area contributed by atoms with Gasteiger partial charge in [-0.2, -0.15) is 0 Å². The summed E-state index contributed by atoms with van der Waals surface area (Å²) in [6.45, 7) is 5.33. The fraction of sp³-hybridized carbons (Fsp3) is 0.400. The van der Waals surface area contributed by atoms with Gasteiger partial charge in [0.15, 0.2) is 0 Å². The summed E-state index contributed by atoms with van der Waals surface area (Å²) in [6, 6.07) is 1.27. The number of halogens is 1. The second-order valence-corrected chi connectivity index (χ2v) is 4.82.